The van der Waals surface area contributed by atoms with E-state index in [1.54, 1.807) is 0 Å². The van der Waals surface area contributed by atoms with Gasteiger partial charge in [0.2, 0.25) is 0 Å². The van der Waals surface area contributed by atoms with Crippen LogP contribution in [0.1, 0.15) is 5.56 Å². The molecule has 0 saturated carbocycles. The quantitative estimate of drug-likeness (QED) is 0.822. The lowest BCUT2D eigenvalue weighted by molar-refractivity contribution is 0.380. The molecule has 0 aliphatic heterocycles. The van der Waals surface area contributed by atoms with Crippen LogP contribution in [-0.2, 0) is 6.54 Å². The second-order valence-corrected chi connectivity index (χ2v) is 4.84. The lowest BCUT2D eigenvalue weighted by atomic mass is 10.2. The lowest BCUT2D eigenvalue weighted by Crippen LogP contribution is -2.21. The summed E-state index contributed by atoms with van der Waals surface area (Å²) in [5.74, 6) is -0.126. The van der Waals surface area contributed by atoms with E-state index in [0.29, 0.717) is 11.0 Å². The smallest absolute Gasteiger partial charge is 0.166 e. The molecule has 2 aromatic rings. The summed E-state index contributed by atoms with van der Waals surface area (Å²) >= 11 is 3.27. The van der Waals surface area contributed by atoms with Crippen molar-refractivity contribution in [2.75, 3.05) is 12.5 Å². The van der Waals surface area contributed by atoms with Crippen molar-refractivity contribution in [2.45, 2.75) is 6.54 Å². The Bertz CT molecular complexity index is 549. The number of halogens is 2. The number of hydrogen-bond acceptors (Lipinski definition) is 3. The maximum Gasteiger partial charge on any atom is 0.166 e. The van der Waals surface area contributed by atoms with Crippen molar-refractivity contribution < 1.29 is 9.13 Å². The molecule has 3 nitrogen and oxygen atoms in total. The number of hydrogen-bond donors (Lipinski definition) is 2. The van der Waals surface area contributed by atoms with Crippen LogP contribution in [0, 0.1) is 5.82 Å². The molecule has 100 valence electrons. The summed E-state index contributed by atoms with van der Waals surface area (Å²) in [6.45, 7) is 0.439. The van der Waals surface area contributed by atoms with Gasteiger partial charge in [0.25, 0.3) is 0 Å². The maximum absolute atomic E-state index is 13.7. The van der Waals surface area contributed by atoms with Gasteiger partial charge in [0.15, 0.2) is 11.6 Å². The van der Waals surface area contributed by atoms with Crippen molar-refractivity contribution in [1.29, 1.82) is 0 Å². The Labute approximate surface area is 119 Å². The van der Waals surface area contributed by atoms with Gasteiger partial charge in [-0.05, 0) is 24.3 Å². The zero-order valence-electron chi connectivity index (χ0n) is 10.4. The summed E-state index contributed by atoms with van der Waals surface area (Å²) in [5, 5.41) is 0. The van der Waals surface area contributed by atoms with Crippen molar-refractivity contribution >= 4 is 21.6 Å². The third-order valence-corrected chi connectivity index (χ3v) is 3.03. The summed E-state index contributed by atoms with van der Waals surface area (Å²) in [7, 11) is 1.46. The van der Waals surface area contributed by atoms with E-state index in [2.05, 4.69) is 26.8 Å². The molecule has 0 saturated heterocycles. The van der Waals surface area contributed by atoms with Gasteiger partial charge >= 0.3 is 0 Å². The Kier molecular flexibility index (Phi) is 4.76. The number of rotatable bonds is 5. The Morgan fingerprint density at radius 2 is 1.95 bits per heavy atom. The Morgan fingerprint density at radius 3 is 2.63 bits per heavy atom. The largest absolute Gasteiger partial charge is 0.493 e. The van der Waals surface area contributed by atoms with Crippen LogP contribution in [0.3, 0.4) is 0 Å². The van der Waals surface area contributed by atoms with Gasteiger partial charge < -0.3 is 10.2 Å². The Balaban J connectivity index is 2.03. The van der Waals surface area contributed by atoms with Gasteiger partial charge in [-0.15, -0.1) is 0 Å². The number of ether oxygens (including phenoxy) is 1. The summed E-state index contributed by atoms with van der Waals surface area (Å²) < 4.78 is 19.4. The topological polar surface area (TPSA) is 33.3 Å². The molecular weight excluding hydrogens is 311 g/mol. The fraction of sp³-hybridized carbons (Fsp3) is 0.143. The van der Waals surface area contributed by atoms with E-state index >= 15 is 0 Å². The van der Waals surface area contributed by atoms with Gasteiger partial charge in [-0.3, -0.25) is 0 Å². The lowest BCUT2D eigenvalue weighted by Gasteiger charge is -2.12. The van der Waals surface area contributed by atoms with E-state index in [-0.39, 0.29) is 11.6 Å². The molecule has 2 aromatic carbocycles. The number of nitrogens with one attached hydrogen (secondary N) is 2. The third-order valence-electron chi connectivity index (χ3n) is 2.57. The number of hydrazine groups is 1. The van der Waals surface area contributed by atoms with Gasteiger partial charge in [-0.25, -0.2) is 9.82 Å². The highest BCUT2D eigenvalue weighted by Crippen LogP contribution is 2.26. The molecule has 0 spiro atoms. The van der Waals surface area contributed by atoms with E-state index in [1.165, 1.54) is 13.2 Å². The maximum atomic E-state index is 13.7. The van der Waals surface area contributed by atoms with Gasteiger partial charge in [-0.2, -0.15) is 0 Å². The molecule has 2 N–H and O–H groups in total. The number of methoxy groups -OCH3 is 1. The predicted octanol–water partition coefficient (Wildman–Crippen LogP) is 3.71. The van der Waals surface area contributed by atoms with Gasteiger partial charge in [-0.1, -0.05) is 34.1 Å². The molecule has 0 unspecified atom stereocenters. The van der Waals surface area contributed by atoms with Crippen molar-refractivity contribution in [3.8, 4) is 5.75 Å². The van der Waals surface area contributed by atoms with Crippen LogP contribution in [0.25, 0.3) is 0 Å². The van der Waals surface area contributed by atoms with E-state index in [9.17, 15) is 4.39 Å². The molecular formula is C14H14BrFN2O. The molecule has 0 aliphatic carbocycles. The number of benzene rings is 2. The highest BCUT2D eigenvalue weighted by molar-refractivity contribution is 9.10. The van der Waals surface area contributed by atoms with Gasteiger partial charge in [0.1, 0.15) is 0 Å². The summed E-state index contributed by atoms with van der Waals surface area (Å²) in [5.41, 5.74) is 7.75. The SMILES string of the molecule is COc1c(F)cc(Br)cc1CNNc1ccccc1. The molecule has 0 amide bonds. The molecule has 0 atom stereocenters. The Morgan fingerprint density at radius 1 is 1.21 bits per heavy atom. The first-order chi connectivity index (χ1) is 9.20. The zero-order valence-corrected chi connectivity index (χ0v) is 12.0. The van der Waals surface area contributed by atoms with Crippen LogP contribution in [0.15, 0.2) is 46.9 Å². The minimum Gasteiger partial charge on any atom is -0.493 e. The zero-order chi connectivity index (χ0) is 13.7. The third kappa shape index (κ3) is 3.68. The molecule has 0 radical (unpaired) electrons. The molecule has 0 bridgehead atoms. The van der Waals surface area contributed by atoms with Gasteiger partial charge in [0.05, 0.1) is 7.11 Å². The average molecular weight is 325 g/mol. The second-order valence-electron chi connectivity index (χ2n) is 3.92. The molecule has 2 rings (SSSR count). The minimum absolute atomic E-state index is 0.255. The van der Waals surface area contributed by atoms with Crippen LogP contribution in [-0.4, -0.2) is 7.11 Å². The van der Waals surface area contributed by atoms with Crippen LogP contribution in [0.4, 0.5) is 10.1 Å². The molecule has 5 heteroatoms. The monoisotopic (exact) mass is 324 g/mol. The fourth-order valence-corrected chi connectivity index (χ4v) is 2.21. The van der Waals surface area contributed by atoms with E-state index in [0.717, 1.165) is 11.3 Å². The van der Waals surface area contributed by atoms with Crippen LogP contribution in [0.2, 0.25) is 0 Å². The van der Waals surface area contributed by atoms with E-state index in [4.69, 9.17) is 4.74 Å². The number of para-hydroxylation sites is 1. The summed E-state index contributed by atoms with van der Waals surface area (Å²) in [4.78, 5) is 0. The highest BCUT2D eigenvalue weighted by Gasteiger charge is 2.10. The predicted molar refractivity (Wildman–Crippen MR) is 77.6 cm³/mol. The van der Waals surface area contributed by atoms with E-state index in [1.807, 2.05) is 36.4 Å². The van der Waals surface area contributed by atoms with E-state index < -0.39 is 0 Å². The second kappa shape index (κ2) is 6.54. The number of anilines is 1. The average Bonchev–Trinajstić information content (AvgIpc) is 2.39. The normalized spacial score (nSPS) is 10.3. The minimum atomic E-state index is -0.381. The van der Waals surface area contributed by atoms with Crippen molar-refractivity contribution in [3.63, 3.8) is 0 Å². The van der Waals surface area contributed by atoms with Gasteiger partial charge in [0, 0.05) is 22.3 Å². The highest BCUT2D eigenvalue weighted by atomic mass is 79.9. The Hall–Kier alpha value is -1.59. The van der Waals surface area contributed by atoms with Crippen LogP contribution in [0.5, 0.6) is 5.75 Å². The summed E-state index contributed by atoms with van der Waals surface area (Å²) in [6.07, 6.45) is 0. The summed E-state index contributed by atoms with van der Waals surface area (Å²) in [6, 6.07) is 12.9. The molecule has 0 aromatic heterocycles. The molecule has 19 heavy (non-hydrogen) atoms. The first kappa shape index (κ1) is 13.8. The standard InChI is InChI=1S/C14H14BrFN2O/c1-19-14-10(7-11(15)8-13(14)16)9-17-18-12-5-3-2-4-6-12/h2-8,17-18H,9H2,1H3. The molecule has 0 heterocycles. The molecule has 0 fully saturated rings. The van der Waals surface area contributed by atoms with Crippen molar-refractivity contribution in [2.24, 2.45) is 0 Å². The van der Waals surface area contributed by atoms with Crippen molar-refractivity contribution in [1.82, 2.24) is 5.43 Å². The van der Waals surface area contributed by atoms with Crippen LogP contribution >= 0.6 is 15.9 Å². The fourth-order valence-electron chi connectivity index (χ4n) is 1.74. The van der Waals surface area contributed by atoms with Crippen molar-refractivity contribution in [3.05, 3.63) is 58.3 Å². The first-order valence-corrected chi connectivity index (χ1v) is 6.56. The molecule has 0 aliphatic rings. The first-order valence-electron chi connectivity index (χ1n) is 5.76. The van der Waals surface area contributed by atoms with Crippen LogP contribution < -0.4 is 15.6 Å².